The van der Waals surface area contributed by atoms with Crippen LogP contribution in [0, 0.1) is 11.6 Å². The summed E-state index contributed by atoms with van der Waals surface area (Å²) in [6.07, 6.45) is 1.48. The molecule has 0 spiro atoms. The molecule has 0 saturated carbocycles. The standard InChI is InChI=1S/C15H13ClF2N2O3/c16-10-3-1-4-11(17)9(10)7-20-14(21)12(18)8-19(15(20)22)13-5-2-6-23-13/h1,3-4,8,13H,2,5-7H2/t13-/m0/s1. The van der Waals surface area contributed by atoms with Crippen LogP contribution >= 0.6 is 11.6 Å². The quantitative estimate of drug-likeness (QED) is 0.860. The summed E-state index contributed by atoms with van der Waals surface area (Å²) >= 11 is 5.91. The van der Waals surface area contributed by atoms with Gasteiger partial charge in [-0.1, -0.05) is 17.7 Å². The molecular formula is C15H13ClF2N2O3. The molecule has 1 aromatic heterocycles. The third-order valence-electron chi connectivity index (χ3n) is 3.75. The second-order valence-electron chi connectivity index (χ2n) is 5.23. The number of nitrogens with zero attached hydrogens (tertiary/aromatic N) is 2. The van der Waals surface area contributed by atoms with Crippen LogP contribution in [0.1, 0.15) is 24.6 Å². The highest BCUT2D eigenvalue weighted by Gasteiger charge is 2.23. The van der Waals surface area contributed by atoms with Crippen molar-refractivity contribution in [3.8, 4) is 0 Å². The van der Waals surface area contributed by atoms with Crippen LogP contribution < -0.4 is 11.2 Å². The monoisotopic (exact) mass is 342 g/mol. The minimum Gasteiger partial charge on any atom is -0.358 e. The van der Waals surface area contributed by atoms with E-state index in [1.54, 1.807) is 0 Å². The van der Waals surface area contributed by atoms with Crippen LogP contribution in [0.15, 0.2) is 34.0 Å². The van der Waals surface area contributed by atoms with E-state index < -0.39 is 35.7 Å². The maximum atomic E-state index is 13.9. The van der Waals surface area contributed by atoms with Crippen molar-refractivity contribution in [1.82, 2.24) is 9.13 Å². The van der Waals surface area contributed by atoms with Crippen LogP contribution in [0.5, 0.6) is 0 Å². The zero-order valence-electron chi connectivity index (χ0n) is 12.0. The van der Waals surface area contributed by atoms with Gasteiger partial charge in [0.1, 0.15) is 12.0 Å². The lowest BCUT2D eigenvalue weighted by molar-refractivity contribution is 0.0504. The summed E-state index contributed by atoms with van der Waals surface area (Å²) in [7, 11) is 0. The normalized spacial score (nSPS) is 17.6. The third-order valence-corrected chi connectivity index (χ3v) is 4.10. The highest BCUT2D eigenvalue weighted by molar-refractivity contribution is 6.31. The minimum atomic E-state index is -1.12. The Morgan fingerprint density at radius 3 is 2.70 bits per heavy atom. The first-order valence-corrected chi connectivity index (χ1v) is 7.43. The number of hydrogen-bond donors (Lipinski definition) is 0. The molecule has 8 heteroatoms. The van der Waals surface area contributed by atoms with Crippen molar-refractivity contribution in [3.05, 3.63) is 67.5 Å². The van der Waals surface area contributed by atoms with Gasteiger partial charge in [-0.2, -0.15) is 4.39 Å². The Labute approximate surface area is 134 Å². The van der Waals surface area contributed by atoms with Crippen molar-refractivity contribution in [2.45, 2.75) is 25.6 Å². The fraction of sp³-hybridized carbons (Fsp3) is 0.333. The highest BCUT2D eigenvalue weighted by Crippen LogP contribution is 2.22. The van der Waals surface area contributed by atoms with Gasteiger partial charge in [0.05, 0.1) is 12.7 Å². The molecule has 0 bridgehead atoms. The van der Waals surface area contributed by atoms with Gasteiger partial charge in [0.2, 0.25) is 5.82 Å². The smallest absolute Gasteiger partial charge is 0.333 e. The Balaban J connectivity index is 2.12. The molecule has 0 unspecified atom stereocenters. The molecule has 0 amide bonds. The summed E-state index contributed by atoms with van der Waals surface area (Å²) in [6.45, 7) is 0.00461. The minimum absolute atomic E-state index is 0.0437. The summed E-state index contributed by atoms with van der Waals surface area (Å²) < 4.78 is 34.8. The van der Waals surface area contributed by atoms with E-state index in [0.717, 1.165) is 23.3 Å². The van der Waals surface area contributed by atoms with E-state index in [9.17, 15) is 18.4 Å². The number of rotatable bonds is 3. The molecule has 0 radical (unpaired) electrons. The van der Waals surface area contributed by atoms with Crippen LogP contribution in [0.4, 0.5) is 8.78 Å². The van der Waals surface area contributed by atoms with Crippen molar-refractivity contribution in [2.75, 3.05) is 6.61 Å². The van der Waals surface area contributed by atoms with E-state index in [2.05, 4.69) is 0 Å². The molecule has 1 aliphatic rings. The maximum absolute atomic E-state index is 13.9. The zero-order chi connectivity index (χ0) is 16.6. The predicted octanol–water partition coefficient (Wildman–Crippen LogP) is 2.30. The van der Waals surface area contributed by atoms with Crippen LogP contribution in [-0.4, -0.2) is 15.7 Å². The van der Waals surface area contributed by atoms with Crippen LogP contribution in [-0.2, 0) is 11.3 Å². The lowest BCUT2D eigenvalue weighted by Crippen LogP contribution is -2.42. The SMILES string of the molecule is O=c1c(F)cn([C@@H]2CCCO2)c(=O)n1Cc1c(F)cccc1Cl. The molecule has 3 rings (SSSR count). The van der Waals surface area contributed by atoms with Crippen molar-refractivity contribution in [3.63, 3.8) is 0 Å². The number of ether oxygens (including phenoxy) is 1. The summed E-state index contributed by atoms with van der Waals surface area (Å²) in [5, 5.41) is 0.0595. The average Bonchev–Trinajstić information content (AvgIpc) is 3.04. The van der Waals surface area contributed by atoms with Crippen LogP contribution in [0.3, 0.4) is 0 Å². The first-order valence-electron chi connectivity index (χ1n) is 7.05. The summed E-state index contributed by atoms with van der Waals surface area (Å²) in [5.74, 6) is -1.77. The van der Waals surface area contributed by atoms with Gasteiger partial charge in [-0.05, 0) is 25.0 Å². The molecule has 1 fully saturated rings. The Morgan fingerprint density at radius 1 is 1.26 bits per heavy atom. The van der Waals surface area contributed by atoms with Crippen molar-refractivity contribution in [1.29, 1.82) is 0 Å². The predicted molar refractivity (Wildman–Crippen MR) is 79.7 cm³/mol. The highest BCUT2D eigenvalue weighted by atomic mass is 35.5. The average molecular weight is 343 g/mol. The van der Waals surface area contributed by atoms with Gasteiger partial charge < -0.3 is 4.74 Å². The molecule has 5 nitrogen and oxygen atoms in total. The Bertz CT molecular complexity index is 837. The number of halogens is 3. The van der Waals surface area contributed by atoms with Gasteiger partial charge in [0, 0.05) is 17.2 Å². The summed E-state index contributed by atoms with van der Waals surface area (Å²) in [5.41, 5.74) is -1.93. The number of aromatic nitrogens is 2. The number of hydrogen-bond acceptors (Lipinski definition) is 3. The van der Waals surface area contributed by atoms with Gasteiger partial charge in [0.25, 0.3) is 5.56 Å². The second-order valence-corrected chi connectivity index (χ2v) is 5.63. The Kier molecular flexibility index (Phi) is 4.32. The third kappa shape index (κ3) is 2.94. The van der Waals surface area contributed by atoms with Crippen molar-refractivity contribution < 1.29 is 13.5 Å². The van der Waals surface area contributed by atoms with Crippen LogP contribution in [0.25, 0.3) is 0 Å². The van der Waals surface area contributed by atoms with Crippen LogP contribution in [0.2, 0.25) is 5.02 Å². The lowest BCUT2D eigenvalue weighted by atomic mass is 10.2. The summed E-state index contributed by atoms with van der Waals surface area (Å²) in [4.78, 5) is 24.4. The molecule has 0 aliphatic carbocycles. The molecule has 1 atom stereocenters. The van der Waals surface area contributed by atoms with Crippen molar-refractivity contribution >= 4 is 11.6 Å². The number of benzene rings is 1. The zero-order valence-corrected chi connectivity index (χ0v) is 12.7. The molecule has 0 N–H and O–H groups in total. The molecule has 2 heterocycles. The van der Waals surface area contributed by atoms with Crippen molar-refractivity contribution in [2.24, 2.45) is 0 Å². The fourth-order valence-electron chi connectivity index (χ4n) is 2.56. The van der Waals surface area contributed by atoms with E-state index in [1.165, 1.54) is 12.1 Å². The Morgan fingerprint density at radius 2 is 2.04 bits per heavy atom. The molecule has 1 aliphatic heterocycles. The molecule has 122 valence electrons. The first-order chi connectivity index (χ1) is 11.0. The van der Waals surface area contributed by atoms with E-state index in [4.69, 9.17) is 16.3 Å². The molecule has 1 aromatic carbocycles. The fourth-order valence-corrected chi connectivity index (χ4v) is 2.78. The van der Waals surface area contributed by atoms with Gasteiger partial charge in [-0.15, -0.1) is 0 Å². The van der Waals surface area contributed by atoms with E-state index in [0.29, 0.717) is 17.6 Å². The second kappa shape index (κ2) is 6.25. The molecule has 1 saturated heterocycles. The molecule has 23 heavy (non-hydrogen) atoms. The molecule has 2 aromatic rings. The lowest BCUT2D eigenvalue weighted by Gasteiger charge is -2.16. The Hall–Kier alpha value is -1.99. The van der Waals surface area contributed by atoms with Gasteiger partial charge in [0.15, 0.2) is 0 Å². The van der Waals surface area contributed by atoms with Gasteiger partial charge >= 0.3 is 5.69 Å². The van der Waals surface area contributed by atoms with E-state index in [-0.39, 0.29) is 10.6 Å². The maximum Gasteiger partial charge on any atom is 0.333 e. The summed E-state index contributed by atoms with van der Waals surface area (Å²) in [6, 6.07) is 3.99. The topological polar surface area (TPSA) is 53.2 Å². The van der Waals surface area contributed by atoms with E-state index in [1.807, 2.05) is 0 Å². The first kappa shape index (κ1) is 15.9. The largest absolute Gasteiger partial charge is 0.358 e. The van der Waals surface area contributed by atoms with Gasteiger partial charge in [-0.3, -0.25) is 13.9 Å². The van der Waals surface area contributed by atoms with E-state index >= 15 is 0 Å². The molecular weight excluding hydrogens is 330 g/mol. The van der Waals surface area contributed by atoms with Gasteiger partial charge in [-0.25, -0.2) is 9.18 Å².